The standard InChI is InChI=1S/C13H23N3/c1-10-8-12(14)13(9-11(10)2)15-6-5-7-16(3)4/h8-9,15H,5-7,14H2,1-4H3. The lowest BCUT2D eigenvalue weighted by Gasteiger charge is -2.13. The van der Waals surface area contributed by atoms with Crippen LogP contribution < -0.4 is 11.1 Å². The lowest BCUT2D eigenvalue weighted by Crippen LogP contribution is -2.16. The lowest BCUT2D eigenvalue weighted by molar-refractivity contribution is 0.405. The molecule has 0 atom stereocenters. The molecule has 0 fully saturated rings. The van der Waals surface area contributed by atoms with Crippen LogP contribution in [0.3, 0.4) is 0 Å². The van der Waals surface area contributed by atoms with E-state index in [1.54, 1.807) is 0 Å². The minimum atomic E-state index is 0.841. The third kappa shape index (κ3) is 3.74. The Labute approximate surface area is 98.6 Å². The molecule has 0 radical (unpaired) electrons. The maximum Gasteiger partial charge on any atom is 0.0576 e. The summed E-state index contributed by atoms with van der Waals surface area (Å²) < 4.78 is 0. The van der Waals surface area contributed by atoms with Gasteiger partial charge < -0.3 is 16.0 Å². The molecule has 3 nitrogen and oxygen atoms in total. The molecule has 16 heavy (non-hydrogen) atoms. The summed E-state index contributed by atoms with van der Waals surface area (Å²) in [5, 5.41) is 3.38. The van der Waals surface area contributed by atoms with Crippen molar-refractivity contribution in [2.45, 2.75) is 20.3 Å². The molecule has 0 aliphatic carbocycles. The number of nitrogens with zero attached hydrogens (tertiary/aromatic N) is 1. The quantitative estimate of drug-likeness (QED) is 0.592. The molecule has 1 aromatic rings. The molecule has 1 rings (SSSR count). The zero-order valence-electron chi connectivity index (χ0n) is 10.8. The molecule has 1 aromatic carbocycles. The Morgan fingerprint density at radius 2 is 1.81 bits per heavy atom. The van der Waals surface area contributed by atoms with Gasteiger partial charge in [-0.15, -0.1) is 0 Å². The third-order valence-corrected chi connectivity index (χ3v) is 2.76. The van der Waals surface area contributed by atoms with Gasteiger partial charge in [-0.25, -0.2) is 0 Å². The van der Waals surface area contributed by atoms with Crippen LogP contribution in [-0.4, -0.2) is 32.1 Å². The predicted molar refractivity (Wildman–Crippen MR) is 72.0 cm³/mol. The summed E-state index contributed by atoms with van der Waals surface area (Å²) in [6.45, 7) is 6.25. The Hall–Kier alpha value is -1.22. The summed E-state index contributed by atoms with van der Waals surface area (Å²) in [5.74, 6) is 0. The molecule has 0 heterocycles. The van der Waals surface area contributed by atoms with Crippen molar-refractivity contribution >= 4 is 11.4 Å². The maximum atomic E-state index is 5.96. The van der Waals surface area contributed by atoms with Gasteiger partial charge in [0, 0.05) is 6.54 Å². The van der Waals surface area contributed by atoms with E-state index in [2.05, 4.69) is 44.2 Å². The van der Waals surface area contributed by atoms with E-state index in [-0.39, 0.29) is 0 Å². The van der Waals surface area contributed by atoms with Gasteiger partial charge in [0.2, 0.25) is 0 Å². The first-order valence-electron chi connectivity index (χ1n) is 5.76. The normalized spacial score (nSPS) is 10.8. The molecule has 0 bridgehead atoms. The highest BCUT2D eigenvalue weighted by atomic mass is 15.1. The van der Waals surface area contributed by atoms with Crippen molar-refractivity contribution in [3.8, 4) is 0 Å². The first-order chi connectivity index (χ1) is 7.50. The number of aryl methyl sites for hydroxylation is 2. The summed E-state index contributed by atoms with van der Waals surface area (Å²) >= 11 is 0. The molecule has 0 unspecified atom stereocenters. The van der Waals surface area contributed by atoms with E-state index < -0.39 is 0 Å². The van der Waals surface area contributed by atoms with Crippen LogP contribution in [-0.2, 0) is 0 Å². The Kier molecular flexibility index (Phi) is 4.62. The lowest BCUT2D eigenvalue weighted by atomic mass is 10.1. The molecular formula is C13H23N3. The maximum absolute atomic E-state index is 5.96. The van der Waals surface area contributed by atoms with E-state index in [1.807, 2.05) is 6.07 Å². The first kappa shape index (κ1) is 12.8. The third-order valence-electron chi connectivity index (χ3n) is 2.76. The Morgan fingerprint density at radius 1 is 1.19 bits per heavy atom. The van der Waals surface area contributed by atoms with Gasteiger partial charge in [-0.3, -0.25) is 0 Å². The largest absolute Gasteiger partial charge is 0.397 e. The zero-order valence-corrected chi connectivity index (χ0v) is 10.8. The minimum absolute atomic E-state index is 0.841. The summed E-state index contributed by atoms with van der Waals surface area (Å²) in [5.41, 5.74) is 10.4. The Bertz CT molecular complexity index is 345. The Balaban J connectivity index is 2.51. The van der Waals surface area contributed by atoms with Crippen LogP contribution in [0, 0.1) is 13.8 Å². The van der Waals surface area contributed by atoms with Crippen molar-refractivity contribution in [3.63, 3.8) is 0 Å². The fraction of sp³-hybridized carbons (Fsp3) is 0.538. The van der Waals surface area contributed by atoms with Crippen molar-refractivity contribution in [2.24, 2.45) is 0 Å². The van der Waals surface area contributed by atoms with E-state index in [0.29, 0.717) is 0 Å². The van der Waals surface area contributed by atoms with Gasteiger partial charge in [-0.2, -0.15) is 0 Å². The number of hydrogen-bond donors (Lipinski definition) is 2. The van der Waals surface area contributed by atoms with Gasteiger partial charge in [0.25, 0.3) is 0 Å². The van der Waals surface area contributed by atoms with Crippen LogP contribution >= 0.6 is 0 Å². The highest BCUT2D eigenvalue weighted by Crippen LogP contribution is 2.22. The number of nitrogens with two attached hydrogens (primary N) is 1. The van der Waals surface area contributed by atoms with Crippen LogP contribution in [0.5, 0.6) is 0 Å². The van der Waals surface area contributed by atoms with Crippen LogP contribution in [0.4, 0.5) is 11.4 Å². The fourth-order valence-corrected chi connectivity index (χ4v) is 1.61. The SMILES string of the molecule is Cc1cc(N)c(NCCCN(C)C)cc1C. The van der Waals surface area contributed by atoms with Crippen LogP contribution in [0.25, 0.3) is 0 Å². The number of nitrogens with one attached hydrogen (secondary N) is 1. The molecule has 0 aliphatic rings. The molecule has 0 saturated heterocycles. The first-order valence-corrected chi connectivity index (χ1v) is 5.76. The van der Waals surface area contributed by atoms with E-state index >= 15 is 0 Å². The average molecular weight is 221 g/mol. The Morgan fingerprint density at radius 3 is 2.44 bits per heavy atom. The number of rotatable bonds is 5. The minimum Gasteiger partial charge on any atom is -0.397 e. The topological polar surface area (TPSA) is 41.3 Å². The van der Waals surface area contributed by atoms with E-state index in [0.717, 1.165) is 30.9 Å². The molecule has 0 spiro atoms. The van der Waals surface area contributed by atoms with Crippen LogP contribution in [0.15, 0.2) is 12.1 Å². The molecule has 3 N–H and O–H groups in total. The summed E-state index contributed by atoms with van der Waals surface area (Å²) in [7, 11) is 4.18. The van der Waals surface area contributed by atoms with Crippen LogP contribution in [0.1, 0.15) is 17.5 Å². The van der Waals surface area contributed by atoms with Crippen molar-refractivity contribution in [1.29, 1.82) is 0 Å². The molecular weight excluding hydrogens is 198 g/mol. The van der Waals surface area contributed by atoms with Gasteiger partial charge >= 0.3 is 0 Å². The van der Waals surface area contributed by atoms with Gasteiger partial charge in [0.15, 0.2) is 0 Å². The van der Waals surface area contributed by atoms with Crippen molar-refractivity contribution < 1.29 is 0 Å². The molecule has 0 saturated carbocycles. The predicted octanol–water partition coefficient (Wildman–Crippen LogP) is 2.25. The van der Waals surface area contributed by atoms with Crippen molar-refractivity contribution in [2.75, 3.05) is 38.2 Å². The van der Waals surface area contributed by atoms with Crippen molar-refractivity contribution in [1.82, 2.24) is 4.90 Å². The second-order valence-corrected chi connectivity index (χ2v) is 4.61. The molecule has 0 amide bonds. The second kappa shape index (κ2) is 5.75. The number of hydrogen-bond acceptors (Lipinski definition) is 3. The van der Waals surface area contributed by atoms with E-state index in [1.165, 1.54) is 11.1 Å². The van der Waals surface area contributed by atoms with Gasteiger partial charge in [-0.05, 0) is 64.2 Å². The summed E-state index contributed by atoms with van der Waals surface area (Å²) in [6.07, 6.45) is 1.12. The summed E-state index contributed by atoms with van der Waals surface area (Å²) in [4.78, 5) is 2.19. The number of anilines is 2. The van der Waals surface area contributed by atoms with E-state index in [4.69, 9.17) is 5.73 Å². The van der Waals surface area contributed by atoms with Gasteiger partial charge in [0.1, 0.15) is 0 Å². The molecule has 0 aliphatic heterocycles. The summed E-state index contributed by atoms with van der Waals surface area (Å²) in [6, 6.07) is 4.16. The second-order valence-electron chi connectivity index (χ2n) is 4.61. The molecule has 90 valence electrons. The molecule has 0 aromatic heterocycles. The average Bonchev–Trinajstić information content (AvgIpc) is 2.19. The number of benzene rings is 1. The highest BCUT2D eigenvalue weighted by Gasteiger charge is 2.01. The highest BCUT2D eigenvalue weighted by molar-refractivity contribution is 5.68. The smallest absolute Gasteiger partial charge is 0.0576 e. The van der Waals surface area contributed by atoms with Crippen molar-refractivity contribution in [3.05, 3.63) is 23.3 Å². The number of nitrogen functional groups attached to an aromatic ring is 1. The fourth-order valence-electron chi connectivity index (χ4n) is 1.61. The van der Waals surface area contributed by atoms with Gasteiger partial charge in [-0.1, -0.05) is 0 Å². The van der Waals surface area contributed by atoms with Crippen LogP contribution in [0.2, 0.25) is 0 Å². The van der Waals surface area contributed by atoms with E-state index in [9.17, 15) is 0 Å². The monoisotopic (exact) mass is 221 g/mol. The molecule has 3 heteroatoms. The zero-order chi connectivity index (χ0) is 12.1. The van der Waals surface area contributed by atoms with Gasteiger partial charge in [0.05, 0.1) is 11.4 Å².